The van der Waals surface area contributed by atoms with E-state index in [1.54, 1.807) is 6.07 Å². The van der Waals surface area contributed by atoms with Gasteiger partial charge in [0.2, 0.25) is 5.95 Å². The highest BCUT2D eigenvalue weighted by molar-refractivity contribution is 7.12. The number of amides is 1. The molecule has 4 nitrogen and oxygen atoms in total. The van der Waals surface area contributed by atoms with E-state index in [-0.39, 0.29) is 5.91 Å². The van der Waals surface area contributed by atoms with Gasteiger partial charge in [0.1, 0.15) is 0 Å². The van der Waals surface area contributed by atoms with Gasteiger partial charge < -0.3 is 4.57 Å². The van der Waals surface area contributed by atoms with Crippen LogP contribution < -0.4 is 5.32 Å². The molecule has 3 aromatic rings. The number of aryl methyl sites for hydroxylation is 1. The minimum atomic E-state index is -0.122. The number of thiophene rings is 1. The van der Waals surface area contributed by atoms with Gasteiger partial charge in [0.15, 0.2) is 0 Å². The summed E-state index contributed by atoms with van der Waals surface area (Å²) in [5.74, 6) is 0.443. The minimum Gasteiger partial charge on any atom is -0.313 e. The summed E-state index contributed by atoms with van der Waals surface area (Å²) in [6.45, 7) is 0. The molecule has 18 heavy (non-hydrogen) atoms. The van der Waals surface area contributed by atoms with Crippen molar-refractivity contribution in [1.29, 1.82) is 0 Å². The lowest BCUT2D eigenvalue weighted by Crippen LogP contribution is -2.13. The van der Waals surface area contributed by atoms with Crippen LogP contribution in [0.1, 0.15) is 9.67 Å². The topological polar surface area (TPSA) is 46.9 Å². The number of hydrogen-bond donors (Lipinski definition) is 1. The number of para-hydroxylation sites is 2. The van der Waals surface area contributed by atoms with Crippen molar-refractivity contribution >= 4 is 34.2 Å². The summed E-state index contributed by atoms with van der Waals surface area (Å²) in [5.41, 5.74) is 1.88. The number of nitrogens with one attached hydrogen (secondary N) is 1. The Kier molecular flexibility index (Phi) is 2.60. The Morgan fingerprint density at radius 3 is 2.83 bits per heavy atom. The van der Waals surface area contributed by atoms with Crippen LogP contribution in [0.5, 0.6) is 0 Å². The van der Waals surface area contributed by atoms with E-state index >= 15 is 0 Å². The maximum absolute atomic E-state index is 12.0. The van der Waals surface area contributed by atoms with E-state index < -0.39 is 0 Å². The molecule has 0 spiro atoms. The van der Waals surface area contributed by atoms with E-state index in [1.165, 1.54) is 11.3 Å². The molecule has 0 fully saturated rings. The molecule has 0 atom stereocenters. The smallest absolute Gasteiger partial charge is 0.268 e. The summed E-state index contributed by atoms with van der Waals surface area (Å²) >= 11 is 1.41. The molecule has 5 heteroatoms. The van der Waals surface area contributed by atoms with Gasteiger partial charge in [0, 0.05) is 7.05 Å². The van der Waals surface area contributed by atoms with Crippen LogP contribution in [0.2, 0.25) is 0 Å². The van der Waals surface area contributed by atoms with Gasteiger partial charge in [-0.2, -0.15) is 0 Å². The molecule has 1 N–H and O–H groups in total. The van der Waals surface area contributed by atoms with Crippen molar-refractivity contribution in [2.75, 3.05) is 5.32 Å². The van der Waals surface area contributed by atoms with E-state index in [4.69, 9.17) is 0 Å². The van der Waals surface area contributed by atoms with E-state index in [1.807, 2.05) is 47.3 Å². The number of carbonyl (C=O) groups is 1. The van der Waals surface area contributed by atoms with Gasteiger partial charge in [-0.05, 0) is 23.6 Å². The number of carbonyl (C=O) groups excluding carboxylic acids is 1. The van der Waals surface area contributed by atoms with Gasteiger partial charge in [-0.25, -0.2) is 4.98 Å². The summed E-state index contributed by atoms with van der Waals surface area (Å²) in [5, 5.41) is 4.70. The molecular weight excluding hydrogens is 246 g/mol. The van der Waals surface area contributed by atoms with E-state index in [0.717, 1.165) is 11.0 Å². The molecule has 3 rings (SSSR count). The third-order valence-electron chi connectivity index (χ3n) is 2.76. The highest BCUT2D eigenvalue weighted by atomic mass is 32.1. The summed E-state index contributed by atoms with van der Waals surface area (Å²) in [6, 6.07) is 11.4. The van der Waals surface area contributed by atoms with Crippen LogP contribution in [0.4, 0.5) is 5.95 Å². The van der Waals surface area contributed by atoms with Gasteiger partial charge in [0.25, 0.3) is 5.91 Å². The van der Waals surface area contributed by atoms with Crippen molar-refractivity contribution in [1.82, 2.24) is 9.55 Å². The Bertz CT molecular complexity index is 700. The predicted molar refractivity (Wildman–Crippen MR) is 73.0 cm³/mol. The number of nitrogens with zero attached hydrogens (tertiary/aromatic N) is 2. The van der Waals surface area contributed by atoms with Crippen LogP contribution in [-0.4, -0.2) is 15.5 Å². The second-order valence-corrected chi connectivity index (χ2v) is 4.86. The van der Waals surface area contributed by atoms with Gasteiger partial charge in [-0.15, -0.1) is 11.3 Å². The Labute approximate surface area is 108 Å². The summed E-state index contributed by atoms with van der Waals surface area (Å²) < 4.78 is 1.88. The number of benzene rings is 1. The molecular formula is C13H11N3OS. The van der Waals surface area contributed by atoms with E-state index in [2.05, 4.69) is 10.3 Å². The third kappa shape index (κ3) is 1.78. The molecule has 0 aliphatic heterocycles. The monoisotopic (exact) mass is 257 g/mol. The fourth-order valence-electron chi connectivity index (χ4n) is 1.83. The maximum Gasteiger partial charge on any atom is 0.268 e. The summed E-state index contributed by atoms with van der Waals surface area (Å²) in [6.07, 6.45) is 0. The molecule has 0 saturated heterocycles. The average molecular weight is 257 g/mol. The number of fused-ring (bicyclic) bond motifs is 1. The van der Waals surface area contributed by atoms with Crippen molar-refractivity contribution < 1.29 is 4.79 Å². The summed E-state index contributed by atoms with van der Waals surface area (Å²) in [7, 11) is 1.89. The molecule has 0 aliphatic carbocycles. The molecule has 2 heterocycles. The lowest BCUT2D eigenvalue weighted by molar-refractivity contribution is 0.102. The van der Waals surface area contributed by atoms with Gasteiger partial charge >= 0.3 is 0 Å². The molecule has 90 valence electrons. The minimum absolute atomic E-state index is 0.122. The van der Waals surface area contributed by atoms with Crippen LogP contribution in [-0.2, 0) is 7.05 Å². The highest BCUT2D eigenvalue weighted by Crippen LogP contribution is 2.18. The van der Waals surface area contributed by atoms with Crippen molar-refractivity contribution in [2.45, 2.75) is 0 Å². The standard InChI is InChI=1S/C13H11N3OS/c1-16-10-6-3-2-5-9(10)14-13(16)15-12(17)11-7-4-8-18-11/h2-8H,1H3,(H,14,15,17). The average Bonchev–Trinajstić information content (AvgIpc) is 3.00. The second kappa shape index (κ2) is 4.27. The fourth-order valence-corrected chi connectivity index (χ4v) is 2.45. The van der Waals surface area contributed by atoms with Gasteiger partial charge in [-0.1, -0.05) is 18.2 Å². The molecule has 1 aromatic carbocycles. The Balaban J connectivity index is 1.96. The second-order valence-electron chi connectivity index (χ2n) is 3.91. The Morgan fingerprint density at radius 2 is 2.11 bits per heavy atom. The largest absolute Gasteiger partial charge is 0.313 e. The quantitative estimate of drug-likeness (QED) is 0.767. The number of imidazole rings is 1. The van der Waals surface area contributed by atoms with Crippen molar-refractivity contribution in [3.8, 4) is 0 Å². The third-order valence-corrected chi connectivity index (χ3v) is 3.63. The highest BCUT2D eigenvalue weighted by Gasteiger charge is 2.12. The van der Waals surface area contributed by atoms with Crippen LogP contribution in [0.15, 0.2) is 41.8 Å². The zero-order valence-corrected chi connectivity index (χ0v) is 10.6. The van der Waals surface area contributed by atoms with Crippen molar-refractivity contribution in [3.63, 3.8) is 0 Å². The number of anilines is 1. The first-order valence-corrected chi connectivity index (χ1v) is 6.40. The lowest BCUT2D eigenvalue weighted by Gasteiger charge is -2.03. The molecule has 0 radical (unpaired) electrons. The number of rotatable bonds is 2. The zero-order valence-electron chi connectivity index (χ0n) is 9.75. The number of aromatic nitrogens is 2. The lowest BCUT2D eigenvalue weighted by atomic mass is 10.3. The first kappa shape index (κ1) is 11.0. The van der Waals surface area contributed by atoms with E-state index in [9.17, 15) is 4.79 Å². The first-order valence-electron chi connectivity index (χ1n) is 5.52. The Hall–Kier alpha value is -2.14. The predicted octanol–water partition coefficient (Wildman–Crippen LogP) is 2.89. The van der Waals surface area contributed by atoms with Crippen LogP contribution >= 0.6 is 11.3 Å². The number of hydrogen-bond acceptors (Lipinski definition) is 3. The van der Waals surface area contributed by atoms with Crippen LogP contribution in [0, 0.1) is 0 Å². The van der Waals surface area contributed by atoms with Crippen LogP contribution in [0.25, 0.3) is 11.0 Å². The normalized spacial score (nSPS) is 10.7. The maximum atomic E-state index is 12.0. The summed E-state index contributed by atoms with van der Waals surface area (Å²) in [4.78, 5) is 17.0. The molecule has 0 saturated carbocycles. The fraction of sp³-hybridized carbons (Fsp3) is 0.0769. The van der Waals surface area contributed by atoms with Crippen molar-refractivity contribution in [3.05, 3.63) is 46.7 Å². The molecule has 2 aromatic heterocycles. The van der Waals surface area contributed by atoms with Gasteiger partial charge in [-0.3, -0.25) is 10.1 Å². The SMILES string of the molecule is Cn1c(NC(=O)c2cccs2)nc2ccccc21. The molecule has 0 unspecified atom stereocenters. The van der Waals surface area contributed by atoms with Gasteiger partial charge in [0.05, 0.1) is 15.9 Å². The molecule has 0 bridgehead atoms. The van der Waals surface area contributed by atoms with Crippen LogP contribution in [0.3, 0.4) is 0 Å². The van der Waals surface area contributed by atoms with E-state index in [0.29, 0.717) is 10.8 Å². The first-order chi connectivity index (χ1) is 8.75. The molecule has 1 amide bonds. The molecule has 0 aliphatic rings. The van der Waals surface area contributed by atoms with Crippen molar-refractivity contribution in [2.24, 2.45) is 7.05 Å². The Morgan fingerprint density at radius 1 is 1.28 bits per heavy atom. The zero-order chi connectivity index (χ0) is 12.5.